The van der Waals surface area contributed by atoms with E-state index in [0.29, 0.717) is 38.9 Å². The van der Waals surface area contributed by atoms with Crippen LogP contribution in [0.2, 0.25) is 10.0 Å². The molecule has 6 aromatic heterocycles. The number of rotatable bonds is 7. The van der Waals surface area contributed by atoms with Gasteiger partial charge in [-0.25, -0.2) is 0 Å². The standard InChI is InChI=1S/C48H43Cl2N14/c1-47(2,3)41-17-16-37(56-57-41)29-19-33(61(8)43-35-14-12-30(49)21-39(35)62-26-53-58-45(62)54-43)23-34(20-29)64-27-63-40-22-31(50)13-15-36(40)44(55-46(63)59-64)60(7)32-11-9-10-28(18-32)38-24-52-42(25-51-38)48(4,5)6/h9-27H,1-8H3/q+1. The molecule has 14 nitrogen and oxygen atoms in total. The first-order chi connectivity index (χ1) is 30.6. The molecule has 0 N–H and O–H groups in total. The van der Waals surface area contributed by atoms with Crippen molar-refractivity contribution in [2.75, 3.05) is 23.9 Å². The van der Waals surface area contributed by atoms with Crippen molar-refractivity contribution in [3.63, 3.8) is 0 Å². The molecule has 0 aliphatic rings. The second-order valence-corrected chi connectivity index (χ2v) is 18.8. The van der Waals surface area contributed by atoms with Crippen molar-refractivity contribution in [1.82, 2.24) is 54.2 Å². The van der Waals surface area contributed by atoms with Crippen molar-refractivity contribution in [3.05, 3.63) is 137 Å². The third-order valence-electron chi connectivity index (χ3n) is 11.4. The Morgan fingerprint density at radius 3 is 1.91 bits per heavy atom. The van der Waals surface area contributed by atoms with Gasteiger partial charge in [0, 0.05) is 81.2 Å². The minimum absolute atomic E-state index is 0.0989. The molecule has 0 radical (unpaired) electrons. The monoisotopic (exact) mass is 885 g/mol. The molecule has 0 amide bonds. The number of aromatic nitrogens is 12. The van der Waals surface area contributed by atoms with Crippen LogP contribution in [0.25, 0.3) is 61.6 Å². The van der Waals surface area contributed by atoms with E-state index < -0.39 is 0 Å². The van der Waals surface area contributed by atoms with E-state index in [9.17, 15) is 0 Å². The Hall–Kier alpha value is -7.16. The normalized spacial score (nSPS) is 12.2. The summed E-state index contributed by atoms with van der Waals surface area (Å²) in [5.41, 5.74) is 8.95. The predicted octanol–water partition coefficient (Wildman–Crippen LogP) is 10.1. The van der Waals surface area contributed by atoms with Crippen LogP contribution in [-0.2, 0) is 10.8 Å². The van der Waals surface area contributed by atoms with Crippen molar-refractivity contribution >= 4 is 79.6 Å². The number of halogens is 2. The van der Waals surface area contributed by atoms with E-state index in [0.717, 1.165) is 67.1 Å². The predicted molar refractivity (Wildman–Crippen MR) is 252 cm³/mol. The van der Waals surface area contributed by atoms with Crippen molar-refractivity contribution in [2.24, 2.45) is 0 Å². The fourth-order valence-electron chi connectivity index (χ4n) is 7.72. The summed E-state index contributed by atoms with van der Waals surface area (Å²) in [7, 11) is 3.97. The van der Waals surface area contributed by atoms with Gasteiger partial charge in [-0.15, -0.1) is 10.2 Å². The summed E-state index contributed by atoms with van der Waals surface area (Å²) in [4.78, 5) is 23.7. The number of anilines is 4. The van der Waals surface area contributed by atoms with E-state index >= 15 is 0 Å². The molecule has 10 aromatic rings. The van der Waals surface area contributed by atoms with E-state index in [1.165, 1.54) is 0 Å². The van der Waals surface area contributed by atoms with Crippen LogP contribution in [0.3, 0.4) is 0 Å². The summed E-state index contributed by atoms with van der Waals surface area (Å²) in [6, 6.07) is 29.9. The molecule has 10 rings (SSSR count). The highest BCUT2D eigenvalue weighted by Crippen LogP contribution is 2.36. The minimum atomic E-state index is -0.164. The first kappa shape index (κ1) is 40.9. The molecule has 0 aliphatic carbocycles. The molecule has 0 atom stereocenters. The van der Waals surface area contributed by atoms with Crippen LogP contribution < -0.4 is 14.5 Å². The number of nitrogens with zero attached hydrogens (tertiary/aromatic N) is 14. The lowest BCUT2D eigenvalue weighted by molar-refractivity contribution is -0.655. The first-order valence-electron chi connectivity index (χ1n) is 20.7. The fourth-order valence-corrected chi connectivity index (χ4v) is 8.06. The van der Waals surface area contributed by atoms with Gasteiger partial charge in [-0.3, -0.25) is 14.4 Å². The Morgan fingerprint density at radius 1 is 0.578 bits per heavy atom. The van der Waals surface area contributed by atoms with Crippen molar-refractivity contribution in [1.29, 1.82) is 0 Å². The zero-order valence-electron chi connectivity index (χ0n) is 36.5. The molecule has 318 valence electrons. The van der Waals surface area contributed by atoms with Crippen LogP contribution in [0.4, 0.5) is 23.0 Å². The van der Waals surface area contributed by atoms with Gasteiger partial charge in [0.1, 0.15) is 17.7 Å². The molecule has 4 aromatic carbocycles. The van der Waals surface area contributed by atoms with E-state index in [1.807, 2.05) is 124 Å². The number of fused-ring (bicyclic) bond motifs is 6. The molecule has 0 fully saturated rings. The van der Waals surface area contributed by atoms with Crippen molar-refractivity contribution in [2.45, 2.75) is 52.4 Å². The van der Waals surface area contributed by atoms with Crippen LogP contribution in [0.5, 0.6) is 0 Å². The average Bonchev–Trinajstić information content (AvgIpc) is 3.96. The van der Waals surface area contributed by atoms with Crippen molar-refractivity contribution in [3.8, 4) is 28.2 Å². The van der Waals surface area contributed by atoms with Crippen LogP contribution in [0, 0.1) is 0 Å². The highest BCUT2D eigenvalue weighted by atomic mass is 35.5. The molecule has 0 unspecified atom stereocenters. The van der Waals surface area contributed by atoms with Gasteiger partial charge in [0.15, 0.2) is 11.5 Å². The lowest BCUT2D eigenvalue weighted by Crippen LogP contribution is -2.32. The summed E-state index contributed by atoms with van der Waals surface area (Å²) in [6.45, 7) is 12.7. The van der Waals surface area contributed by atoms with Crippen LogP contribution in [0.15, 0.2) is 116 Å². The molecule has 0 bridgehead atoms. The van der Waals surface area contributed by atoms with Crippen LogP contribution in [-0.4, -0.2) is 68.3 Å². The third-order valence-corrected chi connectivity index (χ3v) is 11.8. The lowest BCUT2D eigenvalue weighted by Gasteiger charge is -2.22. The molecular weight excluding hydrogens is 844 g/mol. The maximum Gasteiger partial charge on any atom is 0.365 e. The van der Waals surface area contributed by atoms with Gasteiger partial charge in [0.25, 0.3) is 12.1 Å². The number of hydrogen-bond donors (Lipinski definition) is 0. The van der Waals surface area contributed by atoms with Gasteiger partial charge in [-0.1, -0.05) is 81.6 Å². The summed E-state index contributed by atoms with van der Waals surface area (Å²) < 4.78 is 5.59. The topological polar surface area (TPSA) is 135 Å². The first-order valence-corrected chi connectivity index (χ1v) is 21.4. The highest BCUT2D eigenvalue weighted by Gasteiger charge is 2.25. The smallest absolute Gasteiger partial charge is 0.329 e. The Balaban J connectivity index is 1.11. The molecule has 64 heavy (non-hydrogen) atoms. The number of hydrogen-bond acceptors (Lipinski definition) is 11. The Bertz CT molecular complexity index is 3420. The average molecular weight is 887 g/mol. The Labute approximate surface area is 378 Å². The largest absolute Gasteiger partial charge is 0.365 e. The molecule has 0 saturated carbocycles. The second kappa shape index (κ2) is 15.3. The van der Waals surface area contributed by atoms with E-state index in [1.54, 1.807) is 6.33 Å². The van der Waals surface area contributed by atoms with Gasteiger partial charge in [-0.2, -0.15) is 24.6 Å². The maximum atomic E-state index is 6.71. The summed E-state index contributed by atoms with van der Waals surface area (Å²) >= 11 is 13.2. The molecule has 0 aliphatic heterocycles. The molecular formula is C48H43Cl2N14+. The summed E-state index contributed by atoms with van der Waals surface area (Å²) in [6.07, 6.45) is 7.24. The van der Waals surface area contributed by atoms with E-state index in [2.05, 4.69) is 79.9 Å². The van der Waals surface area contributed by atoms with Crippen LogP contribution >= 0.6 is 23.2 Å². The highest BCUT2D eigenvalue weighted by molar-refractivity contribution is 6.31. The molecule has 0 saturated heterocycles. The van der Waals surface area contributed by atoms with E-state index in [-0.39, 0.29) is 10.8 Å². The van der Waals surface area contributed by atoms with Gasteiger partial charge < -0.3 is 9.80 Å². The lowest BCUT2D eigenvalue weighted by atomic mass is 9.92. The SMILES string of the molecule is CN(c1cc(-c2ccc(C(C)(C)C)nn2)cc(-[n+]2cn3c(nc(N(C)c4cccc(-c5cnc(C(C)(C)C)cn5)c4)c4ccc(Cl)cc43)n2)c1)c1nc2nncn2c2cc(Cl)ccc12. The maximum absolute atomic E-state index is 6.71. The van der Waals surface area contributed by atoms with E-state index in [4.69, 9.17) is 53.3 Å². The van der Waals surface area contributed by atoms with Gasteiger partial charge in [0.2, 0.25) is 0 Å². The molecule has 16 heteroatoms. The quantitative estimate of drug-likeness (QED) is 0.142. The zero-order valence-corrected chi connectivity index (χ0v) is 38.0. The fraction of sp³-hybridized carbons (Fsp3) is 0.208. The van der Waals surface area contributed by atoms with Crippen LogP contribution in [0.1, 0.15) is 52.9 Å². The molecule has 6 heterocycles. The van der Waals surface area contributed by atoms with Crippen molar-refractivity contribution < 1.29 is 4.68 Å². The summed E-state index contributed by atoms with van der Waals surface area (Å²) in [5.74, 6) is 2.28. The second-order valence-electron chi connectivity index (χ2n) is 17.9. The Kier molecular flexibility index (Phi) is 9.76. The van der Waals surface area contributed by atoms with Gasteiger partial charge in [-0.05, 0) is 71.8 Å². The zero-order chi connectivity index (χ0) is 44.7. The third kappa shape index (κ3) is 7.37. The molecule has 0 spiro atoms. The van der Waals surface area contributed by atoms with Gasteiger partial charge >= 0.3 is 5.78 Å². The van der Waals surface area contributed by atoms with Gasteiger partial charge in [0.05, 0.1) is 39.9 Å². The number of benzene rings is 4. The Morgan fingerprint density at radius 2 is 1.25 bits per heavy atom. The summed E-state index contributed by atoms with van der Waals surface area (Å²) in [5, 5.41) is 25.8. The minimum Gasteiger partial charge on any atom is -0.329 e.